The summed E-state index contributed by atoms with van der Waals surface area (Å²) < 4.78 is 15.2. The molecule has 0 bridgehead atoms. The van der Waals surface area contributed by atoms with E-state index in [1.165, 1.54) is 17.7 Å². The molecule has 1 heterocycles. The van der Waals surface area contributed by atoms with Gasteiger partial charge in [-0.3, -0.25) is 4.99 Å². The topological polar surface area (TPSA) is 17.3 Å². The summed E-state index contributed by atoms with van der Waals surface area (Å²) in [4.78, 5) is 4.45. The van der Waals surface area contributed by atoms with Crippen molar-refractivity contribution in [3.8, 4) is 5.69 Å². The van der Waals surface area contributed by atoms with Crippen molar-refractivity contribution in [1.82, 2.24) is 4.57 Å². The lowest BCUT2D eigenvalue weighted by Gasteiger charge is -2.10. The molecule has 2 aromatic carbocycles. The molecule has 0 unspecified atom stereocenters. The number of hydrogen-bond donors (Lipinski definition) is 0. The van der Waals surface area contributed by atoms with E-state index >= 15 is 0 Å². The van der Waals surface area contributed by atoms with Crippen LogP contribution >= 0.6 is 0 Å². The Bertz CT molecular complexity index is 856. The molecular weight excluding hydrogens is 299 g/mol. The van der Waals surface area contributed by atoms with Gasteiger partial charge in [-0.25, -0.2) is 4.39 Å². The number of halogens is 1. The van der Waals surface area contributed by atoms with E-state index in [0.717, 1.165) is 34.7 Å². The van der Waals surface area contributed by atoms with Crippen molar-refractivity contribution in [3.63, 3.8) is 0 Å². The minimum atomic E-state index is -0.248. The highest BCUT2D eigenvalue weighted by Crippen LogP contribution is 2.21. The SMILES string of the molecule is CCc1ccc(-n2c(C)cc(C=Nc3ccc(F)cc3)c2C)cc1. The van der Waals surface area contributed by atoms with Gasteiger partial charge in [0.25, 0.3) is 0 Å². The van der Waals surface area contributed by atoms with E-state index in [4.69, 9.17) is 0 Å². The number of aryl methyl sites for hydroxylation is 2. The van der Waals surface area contributed by atoms with Gasteiger partial charge in [0.1, 0.15) is 5.82 Å². The Hall–Kier alpha value is -2.68. The lowest BCUT2D eigenvalue weighted by molar-refractivity contribution is 0.628. The van der Waals surface area contributed by atoms with Crippen LogP contribution in [-0.2, 0) is 6.42 Å². The maximum Gasteiger partial charge on any atom is 0.123 e. The van der Waals surface area contributed by atoms with Crippen LogP contribution in [0.3, 0.4) is 0 Å². The van der Waals surface area contributed by atoms with Gasteiger partial charge >= 0.3 is 0 Å². The van der Waals surface area contributed by atoms with E-state index in [1.54, 1.807) is 12.1 Å². The van der Waals surface area contributed by atoms with Crippen LogP contribution in [0.15, 0.2) is 59.6 Å². The van der Waals surface area contributed by atoms with Gasteiger partial charge in [-0.1, -0.05) is 19.1 Å². The fraction of sp³-hybridized carbons (Fsp3) is 0.190. The van der Waals surface area contributed by atoms with Gasteiger partial charge in [0.05, 0.1) is 5.69 Å². The molecule has 122 valence electrons. The van der Waals surface area contributed by atoms with Crippen LogP contribution in [0.4, 0.5) is 10.1 Å². The van der Waals surface area contributed by atoms with Crippen LogP contribution in [0, 0.1) is 19.7 Å². The van der Waals surface area contributed by atoms with E-state index in [2.05, 4.69) is 60.7 Å². The molecule has 0 aliphatic heterocycles. The fourth-order valence-electron chi connectivity index (χ4n) is 2.87. The molecule has 1 aromatic heterocycles. The third-order valence-electron chi connectivity index (χ3n) is 4.25. The third-order valence-corrected chi connectivity index (χ3v) is 4.25. The molecule has 3 heteroatoms. The van der Waals surface area contributed by atoms with Crippen molar-refractivity contribution < 1.29 is 4.39 Å². The molecule has 3 rings (SSSR count). The first-order valence-electron chi connectivity index (χ1n) is 8.16. The molecule has 2 nitrogen and oxygen atoms in total. The monoisotopic (exact) mass is 320 g/mol. The molecule has 0 saturated carbocycles. The molecule has 0 radical (unpaired) electrons. The lowest BCUT2D eigenvalue weighted by atomic mass is 10.1. The average molecular weight is 320 g/mol. The van der Waals surface area contributed by atoms with Crippen molar-refractivity contribution in [3.05, 3.63) is 82.9 Å². The quantitative estimate of drug-likeness (QED) is 0.561. The smallest absolute Gasteiger partial charge is 0.123 e. The van der Waals surface area contributed by atoms with Crippen molar-refractivity contribution in [1.29, 1.82) is 0 Å². The zero-order valence-electron chi connectivity index (χ0n) is 14.3. The maximum absolute atomic E-state index is 13.0. The summed E-state index contributed by atoms with van der Waals surface area (Å²) in [6, 6.07) is 17.0. The third kappa shape index (κ3) is 3.30. The van der Waals surface area contributed by atoms with Gasteiger partial charge in [-0.05, 0) is 68.3 Å². The van der Waals surface area contributed by atoms with Crippen LogP contribution in [0.2, 0.25) is 0 Å². The molecule has 24 heavy (non-hydrogen) atoms. The van der Waals surface area contributed by atoms with Crippen LogP contribution in [-0.4, -0.2) is 10.8 Å². The minimum absolute atomic E-state index is 0.248. The van der Waals surface area contributed by atoms with Gasteiger partial charge in [0.15, 0.2) is 0 Å². The second-order valence-corrected chi connectivity index (χ2v) is 5.92. The van der Waals surface area contributed by atoms with Gasteiger partial charge in [-0.2, -0.15) is 0 Å². The molecule has 0 aliphatic rings. The summed E-state index contributed by atoms with van der Waals surface area (Å²) in [5, 5.41) is 0. The van der Waals surface area contributed by atoms with E-state index in [1.807, 2.05) is 6.21 Å². The summed E-state index contributed by atoms with van der Waals surface area (Å²) in [6.07, 6.45) is 2.88. The Morgan fingerprint density at radius 2 is 1.67 bits per heavy atom. The average Bonchev–Trinajstić information content (AvgIpc) is 2.88. The second kappa shape index (κ2) is 6.83. The number of rotatable bonds is 4. The van der Waals surface area contributed by atoms with E-state index < -0.39 is 0 Å². The Kier molecular flexibility index (Phi) is 4.61. The summed E-state index contributed by atoms with van der Waals surface area (Å²) in [7, 11) is 0. The molecular formula is C21H21FN2. The van der Waals surface area contributed by atoms with E-state index in [-0.39, 0.29) is 5.82 Å². The first-order chi connectivity index (χ1) is 11.6. The number of benzene rings is 2. The Labute approximate surface area is 142 Å². The first kappa shape index (κ1) is 16.2. The number of aromatic nitrogens is 1. The van der Waals surface area contributed by atoms with Gasteiger partial charge in [0, 0.05) is 28.9 Å². The predicted octanol–water partition coefficient (Wildman–Crippen LogP) is 5.55. The van der Waals surface area contributed by atoms with Crippen molar-refractivity contribution in [2.24, 2.45) is 4.99 Å². The minimum Gasteiger partial charge on any atom is -0.318 e. The molecule has 0 fully saturated rings. The molecule has 0 saturated heterocycles. The molecule has 0 N–H and O–H groups in total. The van der Waals surface area contributed by atoms with Crippen LogP contribution in [0.5, 0.6) is 0 Å². The number of nitrogens with zero attached hydrogens (tertiary/aromatic N) is 2. The van der Waals surface area contributed by atoms with E-state index in [9.17, 15) is 4.39 Å². The Balaban J connectivity index is 1.92. The predicted molar refractivity (Wildman–Crippen MR) is 98.3 cm³/mol. The van der Waals surface area contributed by atoms with Crippen molar-refractivity contribution >= 4 is 11.9 Å². The Morgan fingerprint density at radius 1 is 1.00 bits per heavy atom. The highest BCUT2D eigenvalue weighted by molar-refractivity contribution is 5.84. The summed E-state index contributed by atoms with van der Waals surface area (Å²) >= 11 is 0. The number of hydrogen-bond acceptors (Lipinski definition) is 1. The van der Waals surface area contributed by atoms with Gasteiger partial charge < -0.3 is 4.57 Å². The molecule has 0 spiro atoms. The Morgan fingerprint density at radius 3 is 2.29 bits per heavy atom. The normalized spacial score (nSPS) is 11.3. The van der Waals surface area contributed by atoms with Gasteiger partial charge in [0.2, 0.25) is 0 Å². The largest absolute Gasteiger partial charge is 0.318 e. The summed E-state index contributed by atoms with van der Waals surface area (Å²) in [5.74, 6) is -0.248. The molecule has 0 atom stereocenters. The molecule has 0 aliphatic carbocycles. The highest BCUT2D eigenvalue weighted by Gasteiger charge is 2.09. The van der Waals surface area contributed by atoms with Crippen molar-refractivity contribution in [2.45, 2.75) is 27.2 Å². The van der Waals surface area contributed by atoms with Crippen molar-refractivity contribution in [2.75, 3.05) is 0 Å². The van der Waals surface area contributed by atoms with E-state index in [0.29, 0.717) is 0 Å². The molecule has 0 amide bonds. The van der Waals surface area contributed by atoms with Crippen LogP contribution < -0.4 is 0 Å². The summed E-state index contributed by atoms with van der Waals surface area (Å²) in [6.45, 7) is 6.34. The fourth-order valence-corrected chi connectivity index (χ4v) is 2.87. The second-order valence-electron chi connectivity index (χ2n) is 5.92. The maximum atomic E-state index is 13.0. The lowest BCUT2D eigenvalue weighted by Crippen LogP contribution is -1.99. The standard InChI is InChI=1S/C21H21FN2/c1-4-17-5-11-21(12-6-17)24-15(2)13-18(16(24)3)14-23-20-9-7-19(22)8-10-20/h5-14H,4H2,1-3H3. The van der Waals surface area contributed by atoms with Crippen LogP contribution in [0.1, 0.15) is 29.4 Å². The zero-order valence-corrected chi connectivity index (χ0v) is 14.3. The molecule has 3 aromatic rings. The number of aliphatic imine (C=N–C) groups is 1. The highest BCUT2D eigenvalue weighted by atomic mass is 19.1. The first-order valence-corrected chi connectivity index (χ1v) is 8.16. The van der Waals surface area contributed by atoms with Gasteiger partial charge in [-0.15, -0.1) is 0 Å². The van der Waals surface area contributed by atoms with Crippen LogP contribution in [0.25, 0.3) is 5.69 Å². The summed E-state index contributed by atoms with van der Waals surface area (Å²) in [5.41, 5.74) is 6.60. The zero-order chi connectivity index (χ0) is 17.1.